The number of quaternary nitrogens is 1. The van der Waals surface area contributed by atoms with E-state index in [0.29, 0.717) is 0 Å². The summed E-state index contributed by atoms with van der Waals surface area (Å²) in [4.78, 5) is 0. The maximum absolute atomic E-state index is 2.25. The van der Waals surface area contributed by atoms with Gasteiger partial charge in [-0.25, -0.2) is 0 Å². The van der Waals surface area contributed by atoms with Crippen LogP contribution in [0.2, 0.25) is 0 Å². The Hall–Kier alpha value is -0.755. The summed E-state index contributed by atoms with van der Waals surface area (Å²) < 4.78 is 0.866. The van der Waals surface area contributed by atoms with Crippen molar-refractivity contribution < 1.29 is 4.39 Å². The van der Waals surface area contributed by atoms with Crippen molar-refractivity contribution in [2.45, 2.75) is 6.92 Å². The molecule has 0 amide bonds. The molecule has 1 nitrogen and oxygen atoms in total. The molecule has 1 radical (unpaired) electrons. The molecule has 0 aliphatic heterocycles. The fourth-order valence-electron chi connectivity index (χ4n) is 1.15. The Morgan fingerprint density at radius 1 is 1.08 bits per heavy atom. The van der Waals surface area contributed by atoms with Gasteiger partial charge in [0.05, 0.1) is 0 Å². The van der Waals surface area contributed by atoms with Gasteiger partial charge < -0.3 is 4.39 Å². The van der Waals surface area contributed by atoms with E-state index >= 15 is 0 Å². The molecular weight excluding hydrogens is 145 g/mol. The number of benzene rings is 1. The highest BCUT2D eigenvalue weighted by Crippen LogP contribution is 1.95. The lowest BCUT2D eigenvalue weighted by Crippen LogP contribution is -2.45. The second kappa shape index (κ2) is 3.32. The lowest BCUT2D eigenvalue weighted by molar-refractivity contribution is -0.754. The molecule has 0 saturated heterocycles. The van der Waals surface area contributed by atoms with Gasteiger partial charge in [0, 0.05) is 21.1 Å². The summed E-state index contributed by atoms with van der Waals surface area (Å²) >= 11 is 0. The quantitative estimate of drug-likeness (QED) is 0.566. The Kier molecular flexibility index (Phi) is 2.58. The molecular formula is C10H16BN+. The highest BCUT2D eigenvalue weighted by Gasteiger charge is 2.16. The van der Waals surface area contributed by atoms with E-state index in [1.807, 2.05) is 0 Å². The van der Waals surface area contributed by atoms with E-state index in [9.17, 15) is 0 Å². The molecule has 63 valence electrons. The number of nitrogens with zero attached hydrogens (tertiary/aromatic N) is 1. The van der Waals surface area contributed by atoms with Crippen molar-refractivity contribution in [3.8, 4) is 0 Å². The molecule has 12 heavy (non-hydrogen) atoms. The van der Waals surface area contributed by atoms with Gasteiger partial charge in [-0.2, -0.15) is 0 Å². The fraction of sp³-hybridized carbons (Fsp3) is 0.400. The number of hydrogen-bond donors (Lipinski definition) is 0. The third kappa shape index (κ3) is 2.70. The van der Waals surface area contributed by atoms with Crippen molar-refractivity contribution in [3.63, 3.8) is 0 Å². The number of rotatable bonds is 2. The SMILES string of the molecule is Cc1ccccc1[B][N+](C)(C)C. The number of hydrogen-bond acceptors (Lipinski definition) is 0. The fourth-order valence-corrected chi connectivity index (χ4v) is 1.15. The predicted molar refractivity (Wildman–Crippen MR) is 54.6 cm³/mol. The van der Waals surface area contributed by atoms with Crippen molar-refractivity contribution in [1.29, 1.82) is 0 Å². The zero-order valence-corrected chi connectivity index (χ0v) is 8.33. The van der Waals surface area contributed by atoms with Crippen LogP contribution in [0.5, 0.6) is 0 Å². The molecule has 0 unspecified atom stereocenters. The summed E-state index contributed by atoms with van der Waals surface area (Å²) in [6.07, 6.45) is 0. The summed E-state index contributed by atoms with van der Waals surface area (Å²) in [6, 6.07) is 8.44. The zero-order valence-electron chi connectivity index (χ0n) is 8.33. The van der Waals surface area contributed by atoms with E-state index < -0.39 is 0 Å². The molecule has 0 spiro atoms. The molecule has 0 fully saturated rings. The number of aryl methyl sites for hydroxylation is 1. The predicted octanol–water partition coefficient (Wildman–Crippen LogP) is 0.946. The van der Waals surface area contributed by atoms with Gasteiger partial charge in [-0.3, -0.25) is 0 Å². The lowest BCUT2D eigenvalue weighted by atomic mass is 9.76. The van der Waals surface area contributed by atoms with E-state index in [1.54, 1.807) is 0 Å². The Balaban J connectivity index is 2.83. The normalized spacial score (nSPS) is 11.3. The van der Waals surface area contributed by atoms with Gasteiger partial charge in [0.2, 0.25) is 0 Å². The summed E-state index contributed by atoms with van der Waals surface area (Å²) in [5.74, 6) is 0. The monoisotopic (exact) mass is 161 g/mol. The van der Waals surface area contributed by atoms with Crippen LogP contribution in [-0.4, -0.2) is 33.0 Å². The minimum absolute atomic E-state index is 0.866. The first-order valence-electron chi connectivity index (χ1n) is 4.22. The van der Waals surface area contributed by atoms with Crippen molar-refractivity contribution in [3.05, 3.63) is 29.8 Å². The minimum atomic E-state index is 0.866. The molecule has 0 aliphatic rings. The second-order valence-corrected chi connectivity index (χ2v) is 4.10. The molecule has 0 heterocycles. The van der Waals surface area contributed by atoms with Crippen LogP contribution >= 0.6 is 0 Å². The largest absolute Gasteiger partial charge is 0.486 e. The van der Waals surface area contributed by atoms with Crippen LogP contribution in [0.3, 0.4) is 0 Å². The van der Waals surface area contributed by atoms with Gasteiger partial charge in [-0.15, -0.1) is 0 Å². The van der Waals surface area contributed by atoms with Crippen LogP contribution in [0.4, 0.5) is 0 Å². The molecule has 0 N–H and O–H groups in total. The molecule has 1 aromatic rings. The van der Waals surface area contributed by atoms with Crippen LogP contribution in [-0.2, 0) is 0 Å². The molecule has 1 rings (SSSR count). The van der Waals surface area contributed by atoms with Gasteiger partial charge in [-0.1, -0.05) is 29.8 Å². The molecule has 0 bridgehead atoms. The van der Waals surface area contributed by atoms with Gasteiger partial charge in [0.1, 0.15) is 0 Å². The summed E-state index contributed by atoms with van der Waals surface area (Å²) in [7, 11) is 8.72. The maximum atomic E-state index is 2.25. The maximum Gasteiger partial charge on any atom is 0.486 e. The minimum Gasteiger partial charge on any atom is -0.398 e. The van der Waals surface area contributed by atoms with Gasteiger partial charge in [0.15, 0.2) is 0 Å². The van der Waals surface area contributed by atoms with Crippen LogP contribution in [0.25, 0.3) is 0 Å². The Bertz CT molecular complexity index is 263. The first-order chi connectivity index (χ1) is 5.49. The molecule has 0 saturated carbocycles. The molecule has 0 aliphatic carbocycles. The first-order valence-corrected chi connectivity index (χ1v) is 4.22. The average molecular weight is 161 g/mol. The second-order valence-electron chi connectivity index (χ2n) is 4.10. The van der Waals surface area contributed by atoms with Crippen LogP contribution in [0, 0.1) is 6.92 Å². The smallest absolute Gasteiger partial charge is 0.398 e. The topological polar surface area (TPSA) is 0 Å². The van der Waals surface area contributed by atoms with E-state index in [4.69, 9.17) is 0 Å². The Labute approximate surface area is 75.9 Å². The summed E-state index contributed by atoms with van der Waals surface area (Å²) in [5, 5.41) is 0. The van der Waals surface area contributed by atoms with E-state index in [1.165, 1.54) is 11.0 Å². The van der Waals surface area contributed by atoms with Crippen LogP contribution in [0.15, 0.2) is 24.3 Å². The lowest BCUT2D eigenvalue weighted by Gasteiger charge is -2.23. The van der Waals surface area contributed by atoms with Crippen molar-refractivity contribution in [2.24, 2.45) is 0 Å². The van der Waals surface area contributed by atoms with Gasteiger partial charge >= 0.3 is 7.41 Å². The first kappa shape index (κ1) is 9.33. The van der Waals surface area contributed by atoms with Crippen molar-refractivity contribution >= 4 is 12.9 Å². The standard InChI is InChI=1S/C10H16BN/c1-9-7-5-6-8-10(9)11-12(2,3)4/h5-8H,1-4H3/q+1. The third-order valence-electron chi connectivity index (χ3n) is 1.71. The average Bonchev–Trinajstić information content (AvgIpc) is 1.91. The molecule has 1 aromatic carbocycles. The highest BCUT2D eigenvalue weighted by molar-refractivity contribution is 6.46. The van der Waals surface area contributed by atoms with Gasteiger partial charge in [-0.05, 0) is 12.4 Å². The molecule has 0 atom stereocenters. The van der Waals surface area contributed by atoms with E-state index in [-0.39, 0.29) is 0 Å². The molecule has 0 aromatic heterocycles. The van der Waals surface area contributed by atoms with E-state index in [0.717, 1.165) is 4.39 Å². The highest BCUT2D eigenvalue weighted by atomic mass is 15.2. The zero-order chi connectivity index (χ0) is 9.19. The van der Waals surface area contributed by atoms with E-state index in [2.05, 4.69) is 59.7 Å². The van der Waals surface area contributed by atoms with Crippen molar-refractivity contribution in [1.82, 2.24) is 0 Å². The van der Waals surface area contributed by atoms with Crippen LogP contribution in [0.1, 0.15) is 5.56 Å². The van der Waals surface area contributed by atoms with Crippen molar-refractivity contribution in [2.75, 3.05) is 21.1 Å². The summed E-state index contributed by atoms with van der Waals surface area (Å²) in [6.45, 7) is 2.14. The Morgan fingerprint density at radius 3 is 2.17 bits per heavy atom. The Morgan fingerprint density at radius 2 is 1.67 bits per heavy atom. The third-order valence-corrected chi connectivity index (χ3v) is 1.71. The summed E-state index contributed by atoms with van der Waals surface area (Å²) in [5.41, 5.74) is 2.66. The molecule has 2 heteroatoms. The van der Waals surface area contributed by atoms with Crippen LogP contribution < -0.4 is 5.46 Å². The van der Waals surface area contributed by atoms with Gasteiger partial charge in [0.25, 0.3) is 0 Å².